The molecule has 0 unspecified atom stereocenters. The van der Waals surface area contributed by atoms with Gasteiger partial charge in [0.2, 0.25) is 11.8 Å². The van der Waals surface area contributed by atoms with Gasteiger partial charge in [-0.3, -0.25) is 28.8 Å². The summed E-state index contributed by atoms with van der Waals surface area (Å²) in [6.07, 6.45) is 1.54. The van der Waals surface area contributed by atoms with Crippen molar-refractivity contribution in [1.82, 2.24) is 10.6 Å². The number of ketones is 1. The lowest BCUT2D eigenvalue weighted by Gasteiger charge is -2.29. The average molecular weight is 741 g/mol. The summed E-state index contributed by atoms with van der Waals surface area (Å²) in [7, 11) is -1.26. The van der Waals surface area contributed by atoms with Crippen molar-refractivity contribution in [3.05, 3.63) is 82.8 Å². The number of amides is 2. The molecule has 2 aromatic carbocycles. The van der Waals surface area contributed by atoms with Crippen LogP contribution in [0.25, 0.3) is 0 Å². The first-order chi connectivity index (χ1) is 24.6. The van der Waals surface area contributed by atoms with Gasteiger partial charge in [0, 0.05) is 24.0 Å². The molecular weight excluding hydrogens is 692 g/mol. The fourth-order valence-electron chi connectivity index (χ4n) is 6.03. The Balaban J connectivity index is 1.85. The first kappa shape index (κ1) is 41.6. The molecule has 2 aromatic rings. The van der Waals surface area contributed by atoms with Crippen molar-refractivity contribution in [2.45, 2.75) is 71.1 Å². The largest absolute Gasteiger partial charge is 0.469 e. The molecule has 0 aliphatic heterocycles. The van der Waals surface area contributed by atoms with Crippen LogP contribution in [0.3, 0.4) is 0 Å². The van der Waals surface area contributed by atoms with Crippen molar-refractivity contribution < 1.29 is 51.4 Å². The van der Waals surface area contributed by atoms with Gasteiger partial charge in [0.05, 0.1) is 51.5 Å². The fraction of sp³-hybridized carbons (Fsp3) is 0.474. The predicted molar refractivity (Wildman–Crippen MR) is 191 cm³/mol. The lowest BCUT2D eigenvalue weighted by molar-refractivity contribution is -0.151. The molecular formula is C38H48N2O11S. The van der Waals surface area contributed by atoms with E-state index in [1.165, 1.54) is 6.08 Å². The standard InChI is InChI=1S/C38H48N2O11S/c1-24(2)31(38(46)39-30(21-34(43)50-4)15-16-52(5,47)48)22-32(41)36(28-17-26-13-9-10-14-27(26)18-28)40-37(45)29(19-33(42)49-3)20-35(44)51-23-25-11-7-6-8-12-25/h6-16,24,28-31,36H,17-23H2,1-5H3,(H,39,46)(H,40,45)/b16-15+/t29-,30-,31+,36+/m1/s1. The van der Waals surface area contributed by atoms with Crippen molar-refractivity contribution in [1.29, 1.82) is 0 Å². The van der Waals surface area contributed by atoms with Crippen LogP contribution in [-0.4, -0.2) is 76.5 Å². The molecule has 2 amide bonds. The Bertz CT molecular complexity index is 1700. The molecule has 1 aliphatic carbocycles. The Morgan fingerprint density at radius 2 is 1.33 bits per heavy atom. The second kappa shape index (κ2) is 19.7. The number of Topliss-reactive ketones (excluding diaryl/α,β-unsaturated/α-hetero) is 1. The highest BCUT2D eigenvalue weighted by Gasteiger charge is 2.39. The second-order valence-electron chi connectivity index (χ2n) is 13.3. The molecule has 2 N–H and O–H groups in total. The highest BCUT2D eigenvalue weighted by Crippen LogP contribution is 2.31. The van der Waals surface area contributed by atoms with E-state index in [-0.39, 0.29) is 25.4 Å². The molecule has 282 valence electrons. The van der Waals surface area contributed by atoms with Gasteiger partial charge in [-0.05, 0) is 41.4 Å². The maximum absolute atomic E-state index is 14.2. The molecule has 52 heavy (non-hydrogen) atoms. The number of hydrogen-bond acceptors (Lipinski definition) is 11. The molecule has 0 aromatic heterocycles. The van der Waals surface area contributed by atoms with E-state index < -0.39 is 88.0 Å². The van der Waals surface area contributed by atoms with Gasteiger partial charge in [0.1, 0.15) is 6.61 Å². The third-order valence-corrected chi connectivity index (χ3v) is 9.58. The zero-order chi connectivity index (χ0) is 38.4. The topological polar surface area (TPSA) is 188 Å². The molecule has 0 bridgehead atoms. The van der Waals surface area contributed by atoms with Crippen molar-refractivity contribution in [2.24, 2.45) is 23.7 Å². The number of carbonyl (C=O) groups is 6. The number of methoxy groups -OCH3 is 2. The zero-order valence-corrected chi connectivity index (χ0v) is 31.0. The summed E-state index contributed by atoms with van der Waals surface area (Å²) in [4.78, 5) is 79.0. The maximum Gasteiger partial charge on any atom is 0.307 e. The van der Waals surface area contributed by atoms with Crippen LogP contribution in [0, 0.1) is 23.7 Å². The van der Waals surface area contributed by atoms with Crippen LogP contribution in [0.2, 0.25) is 0 Å². The van der Waals surface area contributed by atoms with Crippen molar-refractivity contribution in [3.63, 3.8) is 0 Å². The Kier molecular flexibility index (Phi) is 15.7. The monoisotopic (exact) mass is 740 g/mol. The number of esters is 3. The maximum atomic E-state index is 14.2. The van der Waals surface area contributed by atoms with E-state index in [0.717, 1.165) is 42.6 Å². The summed E-state index contributed by atoms with van der Waals surface area (Å²) in [5, 5.41) is 6.36. The van der Waals surface area contributed by atoms with E-state index in [2.05, 4.69) is 10.6 Å². The molecule has 13 nitrogen and oxygen atoms in total. The van der Waals surface area contributed by atoms with E-state index >= 15 is 0 Å². The lowest BCUT2D eigenvalue weighted by atomic mass is 9.83. The van der Waals surface area contributed by atoms with E-state index in [4.69, 9.17) is 14.2 Å². The van der Waals surface area contributed by atoms with Gasteiger partial charge in [-0.1, -0.05) is 74.5 Å². The Morgan fingerprint density at radius 1 is 0.769 bits per heavy atom. The molecule has 14 heteroatoms. The molecule has 0 heterocycles. The van der Waals surface area contributed by atoms with Crippen molar-refractivity contribution in [2.75, 3.05) is 20.5 Å². The van der Waals surface area contributed by atoms with Crippen LogP contribution in [-0.2, 0) is 72.3 Å². The molecule has 0 spiro atoms. The number of ether oxygens (including phenoxy) is 3. The summed E-state index contributed by atoms with van der Waals surface area (Å²) in [5.74, 6) is -6.80. The zero-order valence-electron chi connectivity index (χ0n) is 30.2. The number of fused-ring (bicyclic) bond motifs is 1. The van der Waals surface area contributed by atoms with Crippen molar-refractivity contribution in [3.8, 4) is 0 Å². The van der Waals surface area contributed by atoms with Crippen LogP contribution < -0.4 is 10.6 Å². The van der Waals surface area contributed by atoms with Crippen molar-refractivity contribution >= 4 is 45.3 Å². The number of hydrogen-bond donors (Lipinski definition) is 2. The van der Waals surface area contributed by atoms with Crippen LogP contribution in [0.4, 0.5) is 0 Å². The third kappa shape index (κ3) is 13.4. The molecule has 0 fully saturated rings. The Hall–Kier alpha value is -4.85. The number of nitrogens with one attached hydrogen (secondary N) is 2. The molecule has 0 radical (unpaired) electrons. The summed E-state index contributed by atoms with van der Waals surface area (Å²) in [6, 6.07) is 14.5. The van der Waals surface area contributed by atoms with Gasteiger partial charge in [-0.25, -0.2) is 8.42 Å². The van der Waals surface area contributed by atoms with Gasteiger partial charge in [0.15, 0.2) is 15.6 Å². The minimum atomic E-state index is -3.58. The van der Waals surface area contributed by atoms with Gasteiger partial charge < -0.3 is 24.8 Å². The van der Waals surface area contributed by atoms with E-state index in [9.17, 15) is 37.2 Å². The number of benzene rings is 2. The first-order valence-electron chi connectivity index (χ1n) is 17.0. The fourth-order valence-corrected chi connectivity index (χ4v) is 6.51. The minimum Gasteiger partial charge on any atom is -0.469 e. The van der Waals surface area contributed by atoms with Gasteiger partial charge >= 0.3 is 17.9 Å². The summed E-state index contributed by atoms with van der Waals surface area (Å²) >= 11 is 0. The van der Waals surface area contributed by atoms with E-state index in [1.54, 1.807) is 38.1 Å². The lowest BCUT2D eigenvalue weighted by Crippen LogP contribution is -2.50. The van der Waals surface area contributed by atoms with Crippen LogP contribution in [0.5, 0.6) is 0 Å². The van der Waals surface area contributed by atoms with Crippen LogP contribution in [0.15, 0.2) is 66.1 Å². The molecule has 3 rings (SSSR count). The number of carbonyl (C=O) groups excluding carboxylic acids is 6. The highest BCUT2D eigenvalue weighted by molar-refractivity contribution is 7.93. The van der Waals surface area contributed by atoms with E-state index in [0.29, 0.717) is 12.8 Å². The van der Waals surface area contributed by atoms with Crippen LogP contribution in [0.1, 0.15) is 56.2 Å². The van der Waals surface area contributed by atoms with Crippen LogP contribution >= 0.6 is 0 Å². The van der Waals surface area contributed by atoms with Gasteiger partial charge in [-0.2, -0.15) is 0 Å². The summed E-state index contributed by atoms with van der Waals surface area (Å²) < 4.78 is 38.4. The first-order valence-corrected chi connectivity index (χ1v) is 19.0. The highest BCUT2D eigenvalue weighted by atomic mass is 32.2. The molecule has 0 saturated carbocycles. The summed E-state index contributed by atoms with van der Waals surface area (Å²) in [5.41, 5.74) is 2.76. The SMILES string of the molecule is COC(=O)C[C@H](CC(=O)OCc1ccccc1)C(=O)N[C@H](C(=O)C[C@H](C(=O)N[C@H](/C=C/S(C)(=O)=O)CC(=O)OC)C(C)C)C1Cc2ccccc2C1. The minimum absolute atomic E-state index is 0.0309. The number of sulfone groups is 1. The smallest absolute Gasteiger partial charge is 0.307 e. The Morgan fingerprint density at radius 3 is 1.88 bits per heavy atom. The predicted octanol–water partition coefficient (Wildman–Crippen LogP) is 3.04. The normalized spacial score (nSPS) is 15.2. The molecule has 4 atom stereocenters. The average Bonchev–Trinajstić information content (AvgIpc) is 3.54. The Labute approximate surface area is 304 Å². The third-order valence-electron chi connectivity index (χ3n) is 8.93. The molecule has 1 aliphatic rings. The van der Waals surface area contributed by atoms with Gasteiger partial charge in [0.25, 0.3) is 0 Å². The van der Waals surface area contributed by atoms with E-state index in [1.807, 2.05) is 30.3 Å². The number of rotatable bonds is 19. The van der Waals surface area contributed by atoms with Gasteiger partial charge in [-0.15, -0.1) is 0 Å². The quantitative estimate of drug-likeness (QED) is 0.159. The summed E-state index contributed by atoms with van der Waals surface area (Å²) in [6.45, 7) is 3.45. The second-order valence-corrected chi connectivity index (χ2v) is 15.3. The molecule has 0 saturated heterocycles.